The molecule has 1 N–H and O–H groups in total. The molecule has 1 atom stereocenters. The van der Waals surface area contributed by atoms with Gasteiger partial charge in [0.05, 0.1) is 0 Å². The predicted octanol–water partition coefficient (Wildman–Crippen LogP) is 4.19. The Balaban J connectivity index is 1.75. The van der Waals surface area contributed by atoms with E-state index in [-0.39, 0.29) is 5.91 Å². The van der Waals surface area contributed by atoms with Crippen LogP contribution in [-0.4, -0.2) is 16.0 Å². The van der Waals surface area contributed by atoms with Crippen LogP contribution in [0.1, 0.15) is 34.8 Å². The molecule has 3 rings (SSSR count). The van der Waals surface area contributed by atoms with E-state index in [2.05, 4.69) is 15.5 Å². The van der Waals surface area contributed by atoms with Gasteiger partial charge in [-0.05, 0) is 37.6 Å². The summed E-state index contributed by atoms with van der Waals surface area (Å²) in [5.74, 6) is 0.583. The van der Waals surface area contributed by atoms with Gasteiger partial charge in [-0.15, -0.1) is 0 Å². The van der Waals surface area contributed by atoms with Crippen LogP contribution in [0.4, 0.5) is 0 Å². The zero-order valence-electron chi connectivity index (χ0n) is 13.3. The molecule has 24 heavy (non-hydrogen) atoms. The van der Waals surface area contributed by atoms with Gasteiger partial charge in [-0.3, -0.25) is 4.79 Å². The number of benzene rings is 2. The van der Waals surface area contributed by atoms with E-state index < -0.39 is 6.04 Å². The number of carbonyl (C=O) groups is 1. The normalized spacial score (nSPS) is 12.0. The van der Waals surface area contributed by atoms with Gasteiger partial charge in [-0.2, -0.15) is 4.98 Å². The SMILES string of the molecule is Cc1ccc(-c2noc([C@@H](C)NC(=O)c3ccccc3)n2)cc1Cl. The van der Waals surface area contributed by atoms with Crippen LogP contribution in [0.3, 0.4) is 0 Å². The quantitative estimate of drug-likeness (QED) is 0.772. The van der Waals surface area contributed by atoms with E-state index in [1.54, 1.807) is 25.1 Å². The monoisotopic (exact) mass is 341 g/mol. The number of carbonyl (C=O) groups excluding carboxylic acids is 1. The summed E-state index contributed by atoms with van der Waals surface area (Å²) in [7, 11) is 0. The number of hydrogen-bond acceptors (Lipinski definition) is 4. The molecule has 0 spiro atoms. The first-order valence-electron chi connectivity index (χ1n) is 7.50. The molecular weight excluding hydrogens is 326 g/mol. The largest absolute Gasteiger partial charge is 0.341 e. The van der Waals surface area contributed by atoms with Gasteiger partial charge in [0.1, 0.15) is 6.04 Å². The Morgan fingerprint density at radius 3 is 2.67 bits per heavy atom. The second-order valence-electron chi connectivity index (χ2n) is 5.48. The van der Waals surface area contributed by atoms with Crippen LogP contribution in [0.5, 0.6) is 0 Å². The highest BCUT2D eigenvalue weighted by molar-refractivity contribution is 6.31. The standard InChI is InChI=1S/C18H16ClN3O2/c1-11-8-9-14(10-15(11)19)16-21-18(24-22-16)12(2)20-17(23)13-6-4-3-5-7-13/h3-10,12H,1-2H3,(H,20,23)/t12-/m1/s1. The van der Waals surface area contributed by atoms with Crippen LogP contribution in [0, 0.1) is 6.92 Å². The summed E-state index contributed by atoms with van der Waals surface area (Å²) in [5.41, 5.74) is 2.32. The third-order valence-corrected chi connectivity index (χ3v) is 4.03. The highest BCUT2D eigenvalue weighted by Crippen LogP contribution is 2.24. The Kier molecular flexibility index (Phi) is 4.62. The maximum Gasteiger partial charge on any atom is 0.251 e. The lowest BCUT2D eigenvalue weighted by molar-refractivity contribution is 0.0932. The van der Waals surface area contributed by atoms with Crippen molar-refractivity contribution in [3.63, 3.8) is 0 Å². The molecule has 0 bridgehead atoms. The third kappa shape index (κ3) is 3.46. The summed E-state index contributed by atoms with van der Waals surface area (Å²) < 4.78 is 5.27. The van der Waals surface area contributed by atoms with Crippen molar-refractivity contribution in [2.24, 2.45) is 0 Å². The molecule has 1 heterocycles. The Morgan fingerprint density at radius 2 is 1.96 bits per heavy atom. The zero-order valence-corrected chi connectivity index (χ0v) is 14.0. The fourth-order valence-corrected chi connectivity index (χ4v) is 2.37. The Morgan fingerprint density at radius 1 is 1.21 bits per heavy atom. The van der Waals surface area contributed by atoms with Crippen molar-refractivity contribution in [2.45, 2.75) is 19.9 Å². The molecule has 3 aromatic rings. The lowest BCUT2D eigenvalue weighted by Gasteiger charge is -2.09. The van der Waals surface area contributed by atoms with Crippen LogP contribution in [0.2, 0.25) is 5.02 Å². The summed E-state index contributed by atoms with van der Waals surface area (Å²) >= 11 is 6.13. The second kappa shape index (κ2) is 6.84. The smallest absolute Gasteiger partial charge is 0.251 e. The average molecular weight is 342 g/mol. The average Bonchev–Trinajstić information content (AvgIpc) is 3.08. The number of rotatable bonds is 4. The van der Waals surface area contributed by atoms with E-state index in [0.29, 0.717) is 22.3 Å². The van der Waals surface area contributed by atoms with Gasteiger partial charge in [0.25, 0.3) is 5.91 Å². The summed E-state index contributed by atoms with van der Waals surface area (Å²) in [4.78, 5) is 16.5. The number of aryl methyl sites for hydroxylation is 1. The molecule has 122 valence electrons. The summed E-state index contributed by atoms with van der Waals surface area (Å²) in [6.07, 6.45) is 0. The molecule has 5 nitrogen and oxygen atoms in total. The molecule has 6 heteroatoms. The number of halogens is 1. The first kappa shape index (κ1) is 16.2. The van der Waals surface area contributed by atoms with Gasteiger partial charge in [0.15, 0.2) is 0 Å². The van der Waals surface area contributed by atoms with Crippen molar-refractivity contribution in [1.29, 1.82) is 0 Å². The maximum absolute atomic E-state index is 12.2. The van der Waals surface area contributed by atoms with Crippen molar-refractivity contribution >= 4 is 17.5 Å². The third-order valence-electron chi connectivity index (χ3n) is 3.63. The van der Waals surface area contributed by atoms with Crippen molar-refractivity contribution in [1.82, 2.24) is 15.5 Å². The summed E-state index contributed by atoms with van der Waals surface area (Å²) in [6.45, 7) is 3.72. The Hall–Kier alpha value is -2.66. The molecule has 1 aromatic heterocycles. The molecule has 0 fully saturated rings. The van der Waals surface area contributed by atoms with Crippen LogP contribution < -0.4 is 5.32 Å². The lowest BCUT2D eigenvalue weighted by atomic mass is 10.1. The van der Waals surface area contributed by atoms with E-state index >= 15 is 0 Å². The lowest BCUT2D eigenvalue weighted by Crippen LogP contribution is -2.26. The Labute approximate surface area is 144 Å². The van der Waals surface area contributed by atoms with Crippen molar-refractivity contribution in [3.05, 3.63) is 70.6 Å². The number of aromatic nitrogens is 2. The first-order valence-corrected chi connectivity index (χ1v) is 7.88. The number of nitrogens with zero attached hydrogens (tertiary/aromatic N) is 2. The Bertz CT molecular complexity index is 862. The minimum atomic E-state index is -0.403. The maximum atomic E-state index is 12.2. The molecule has 0 radical (unpaired) electrons. The van der Waals surface area contributed by atoms with E-state index in [4.69, 9.17) is 16.1 Å². The molecule has 1 amide bonds. The molecule has 0 unspecified atom stereocenters. The fourth-order valence-electron chi connectivity index (χ4n) is 2.19. The number of nitrogens with one attached hydrogen (secondary N) is 1. The van der Waals surface area contributed by atoms with Crippen LogP contribution >= 0.6 is 11.6 Å². The predicted molar refractivity (Wildman–Crippen MR) is 91.8 cm³/mol. The molecule has 0 saturated heterocycles. The minimum absolute atomic E-state index is 0.193. The molecule has 2 aromatic carbocycles. The second-order valence-corrected chi connectivity index (χ2v) is 5.89. The molecule has 0 aliphatic heterocycles. The van der Waals surface area contributed by atoms with E-state index in [9.17, 15) is 4.79 Å². The van der Waals surface area contributed by atoms with Gasteiger partial charge in [-0.1, -0.05) is 47.1 Å². The van der Waals surface area contributed by atoms with Crippen molar-refractivity contribution < 1.29 is 9.32 Å². The number of amides is 1. The van der Waals surface area contributed by atoms with Crippen LogP contribution in [-0.2, 0) is 0 Å². The van der Waals surface area contributed by atoms with E-state index in [1.807, 2.05) is 37.3 Å². The van der Waals surface area contributed by atoms with E-state index in [0.717, 1.165) is 11.1 Å². The highest BCUT2D eigenvalue weighted by atomic mass is 35.5. The molecule has 0 aliphatic rings. The summed E-state index contributed by atoms with van der Waals surface area (Å²) in [6, 6.07) is 14.1. The minimum Gasteiger partial charge on any atom is -0.341 e. The number of hydrogen-bond donors (Lipinski definition) is 1. The van der Waals surface area contributed by atoms with Crippen LogP contribution in [0.15, 0.2) is 53.1 Å². The molecule has 0 aliphatic carbocycles. The van der Waals surface area contributed by atoms with Crippen molar-refractivity contribution in [3.8, 4) is 11.4 Å². The van der Waals surface area contributed by atoms with Crippen LogP contribution in [0.25, 0.3) is 11.4 Å². The van der Waals surface area contributed by atoms with Crippen molar-refractivity contribution in [2.75, 3.05) is 0 Å². The topological polar surface area (TPSA) is 68.0 Å². The van der Waals surface area contributed by atoms with Gasteiger partial charge < -0.3 is 9.84 Å². The van der Waals surface area contributed by atoms with Gasteiger partial charge in [0.2, 0.25) is 11.7 Å². The first-order chi connectivity index (χ1) is 11.5. The van der Waals surface area contributed by atoms with Gasteiger partial charge in [0, 0.05) is 16.1 Å². The zero-order chi connectivity index (χ0) is 17.1. The molecular formula is C18H16ClN3O2. The van der Waals surface area contributed by atoms with Gasteiger partial charge >= 0.3 is 0 Å². The molecule has 0 saturated carbocycles. The highest BCUT2D eigenvalue weighted by Gasteiger charge is 2.18. The van der Waals surface area contributed by atoms with E-state index in [1.165, 1.54) is 0 Å². The summed E-state index contributed by atoms with van der Waals surface area (Å²) in [5, 5.41) is 7.44. The van der Waals surface area contributed by atoms with Gasteiger partial charge in [-0.25, -0.2) is 0 Å². The fraction of sp³-hybridized carbons (Fsp3) is 0.167.